The second-order valence-corrected chi connectivity index (χ2v) is 4.49. The van der Waals surface area contributed by atoms with Gasteiger partial charge in [-0.2, -0.15) is 0 Å². The Balaban J connectivity index is 2.26. The van der Waals surface area contributed by atoms with E-state index >= 15 is 0 Å². The van der Waals surface area contributed by atoms with E-state index in [0.29, 0.717) is 0 Å². The van der Waals surface area contributed by atoms with Crippen LogP contribution >= 0.6 is 8.58 Å². The lowest BCUT2D eigenvalue weighted by Crippen LogP contribution is -1.81. The van der Waals surface area contributed by atoms with Crippen LogP contribution < -0.4 is 0 Å². The van der Waals surface area contributed by atoms with E-state index in [9.17, 15) is 0 Å². The third-order valence-electron chi connectivity index (χ3n) is 1.51. The van der Waals surface area contributed by atoms with Gasteiger partial charge in [0.2, 0.25) is 0 Å². The molecular formula is C6H12P. The van der Waals surface area contributed by atoms with E-state index in [1.54, 1.807) is 8.58 Å². The molecule has 1 fully saturated rings. The summed E-state index contributed by atoms with van der Waals surface area (Å²) in [5.74, 6) is 0. The zero-order chi connectivity index (χ0) is 5.28. The summed E-state index contributed by atoms with van der Waals surface area (Å²) in [6, 6.07) is 0. The van der Waals surface area contributed by atoms with E-state index in [1.807, 2.05) is 0 Å². The molecule has 0 aliphatic carbocycles. The predicted molar refractivity (Wildman–Crippen MR) is 35.1 cm³/mol. The van der Waals surface area contributed by atoms with E-state index in [1.165, 1.54) is 12.8 Å². The van der Waals surface area contributed by atoms with E-state index in [0.717, 1.165) is 11.3 Å². The number of hydrogen-bond acceptors (Lipinski definition) is 0. The van der Waals surface area contributed by atoms with Crippen LogP contribution in [0.2, 0.25) is 0 Å². The standard InChI is InChI=1S/C6H12P/c1-5-3-4-6(2)7-5/h5-6H,3-4H2,1-2H3/t5-,6-/m0/s1. The van der Waals surface area contributed by atoms with Crippen LogP contribution in [0.15, 0.2) is 0 Å². The Morgan fingerprint density at radius 2 is 1.57 bits per heavy atom. The first kappa shape index (κ1) is 5.56. The molecule has 1 saturated heterocycles. The van der Waals surface area contributed by atoms with Crippen molar-refractivity contribution in [1.82, 2.24) is 0 Å². The molecular weight excluding hydrogens is 103 g/mol. The third kappa shape index (κ3) is 1.42. The summed E-state index contributed by atoms with van der Waals surface area (Å²) in [6.07, 6.45) is 2.92. The molecule has 0 amide bonds. The van der Waals surface area contributed by atoms with Gasteiger partial charge in [-0.3, -0.25) is 0 Å². The maximum atomic E-state index is 2.34. The summed E-state index contributed by atoms with van der Waals surface area (Å²) < 4.78 is 0. The Labute approximate surface area is 47.5 Å². The van der Waals surface area contributed by atoms with Crippen LogP contribution in [0, 0.1) is 0 Å². The van der Waals surface area contributed by atoms with E-state index in [-0.39, 0.29) is 0 Å². The Kier molecular flexibility index (Phi) is 1.69. The van der Waals surface area contributed by atoms with Crippen molar-refractivity contribution in [2.75, 3.05) is 0 Å². The normalized spacial score (nSPS) is 42.0. The van der Waals surface area contributed by atoms with Crippen LogP contribution in [0.4, 0.5) is 0 Å². The van der Waals surface area contributed by atoms with Gasteiger partial charge in [0.25, 0.3) is 0 Å². The Bertz CT molecular complexity index is 53.2. The maximum absolute atomic E-state index is 2.34. The minimum Gasteiger partial charge on any atom is -0.0747 e. The quantitative estimate of drug-likeness (QED) is 0.425. The molecule has 0 N–H and O–H groups in total. The summed E-state index contributed by atoms with van der Waals surface area (Å²) >= 11 is 0. The monoisotopic (exact) mass is 115 g/mol. The van der Waals surface area contributed by atoms with E-state index in [2.05, 4.69) is 13.8 Å². The van der Waals surface area contributed by atoms with E-state index < -0.39 is 0 Å². The zero-order valence-electron chi connectivity index (χ0n) is 5.02. The summed E-state index contributed by atoms with van der Waals surface area (Å²) in [5.41, 5.74) is 1.99. The SMILES string of the molecule is C[C@H]1CC[C@H](C)[P]1. The molecule has 0 aromatic heterocycles. The molecule has 0 saturated carbocycles. The Morgan fingerprint density at radius 1 is 1.14 bits per heavy atom. The highest BCUT2D eigenvalue weighted by Gasteiger charge is 2.16. The third-order valence-corrected chi connectivity index (χ3v) is 3.05. The van der Waals surface area contributed by atoms with Gasteiger partial charge in [0.05, 0.1) is 0 Å². The summed E-state index contributed by atoms with van der Waals surface area (Å²) in [6.45, 7) is 4.68. The molecule has 1 rings (SSSR count). The van der Waals surface area contributed by atoms with Crippen molar-refractivity contribution in [2.24, 2.45) is 0 Å². The minimum atomic E-state index is 0.995. The molecule has 0 aromatic carbocycles. The molecule has 1 aliphatic rings. The second-order valence-electron chi connectivity index (χ2n) is 2.42. The van der Waals surface area contributed by atoms with Gasteiger partial charge < -0.3 is 0 Å². The van der Waals surface area contributed by atoms with Gasteiger partial charge in [0, 0.05) is 0 Å². The topological polar surface area (TPSA) is 0 Å². The first-order chi connectivity index (χ1) is 3.29. The van der Waals surface area contributed by atoms with Crippen LogP contribution in [0.5, 0.6) is 0 Å². The van der Waals surface area contributed by atoms with Crippen LogP contribution in [-0.4, -0.2) is 11.3 Å². The highest BCUT2D eigenvalue weighted by Crippen LogP contribution is 2.38. The molecule has 0 spiro atoms. The van der Waals surface area contributed by atoms with Gasteiger partial charge in [-0.05, 0) is 24.2 Å². The van der Waals surface area contributed by atoms with Crippen molar-refractivity contribution >= 4 is 8.58 Å². The lowest BCUT2D eigenvalue weighted by molar-refractivity contribution is 0.777. The fraction of sp³-hybridized carbons (Fsp3) is 1.00. The molecule has 41 valence electrons. The Morgan fingerprint density at radius 3 is 1.71 bits per heavy atom. The molecule has 0 aromatic rings. The van der Waals surface area contributed by atoms with Crippen molar-refractivity contribution < 1.29 is 0 Å². The molecule has 1 radical (unpaired) electrons. The molecule has 0 unspecified atom stereocenters. The average Bonchev–Trinajstić information content (AvgIpc) is 1.87. The number of hydrogen-bond donors (Lipinski definition) is 0. The molecule has 1 heterocycles. The predicted octanol–water partition coefficient (Wildman–Crippen LogP) is 2.50. The van der Waals surface area contributed by atoms with Gasteiger partial charge >= 0.3 is 0 Å². The summed E-state index contributed by atoms with van der Waals surface area (Å²) in [7, 11) is 1.69. The lowest BCUT2D eigenvalue weighted by Gasteiger charge is -1.95. The fourth-order valence-corrected chi connectivity index (χ4v) is 2.53. The van der Waals surface area contributed by atoms with Crippen molar-refractivity contribution in [3.8, 4) is 0 Å². The van der Waals surface area contributed by atoms with Gasteiger partial charge in [-0.1, -0.05) is 22.4 Å². The zero-order valence-corrected chi connectivity index (χ0v) is 5.91. The van der Waals surface area contributed by atoms with Gasteiger partial charge in [-0.15, -0.1) is 0 Å². The fourth-order valence-electron chi connectivity index (χ4n) is 1.07. The second kappa shape index (κ2) is 2.13. The summed E-state index contributed by atoms with van der Waals surface area (Å²) in [4.78, 5) is 0. The summed E-state index contributed by atoms with van der Waals surface area (Å²) in [5, 5.41) is 0. The first-order valence-corrected chi connectivity index (χ1v) is 4.02. The molecule has 1 heteroatoms. The molecule has 0 nitrogen and oxygen atoms in total. The molecule has 2 atom stereocenters. The van der Waals surface area contributed by atoms with Crippen LogP contribution in [0.1, 0.15) is 26.7 Å². The van der Waals surface area contributed by atoms with Gasteiger partial charge in [0.1, 0.15) is 0 Å². The first-order valence-electron chi connectivity index (χ1n) is 2.99. The smallest absolute Gasteiger partial charge is 0.0196 e. The molecule has 0 bridgehead atoms. The van der Waals surface area contributed by atoms with Crippen LogP contribution in [0.25, 0.3) is 0 Å². The Hall–Kier alpha value is 0.430. The van der Waals surface area contributed by atoms with Crippen molar-refractivity contribution in [1.29, 1.82) is 0 Å². The van der Waals surface area contributed by atoms with Crippen molar-refractivity contribution in [3.05, 3.63) is 0 Å². The largest absolute Gasteiger partial charge is 0.0747 e. The maximum Gasteiger partial charge on any atom is -0.0196 e. The van der Waals surface area contributed by atoms with Gasteiger partial charge in [-0.25, -0.2) is 0 Å². The van der Waals surface area contributed by atoms with Crippen LogP contribution in [-0.2, 0) is 0 Å². The lowest BCUT2D eigenvalue weighted by atomic mass is 10.2. The minimum absolute atomic E-state index is 0.995. The van der Waals surface area contributed by atoms with Crippen molar-refractivity contribution in [2.45, 2.75) is 38.0 Å². The van der Waals surface area contributed by atoms with Crippen LogP contribution in [0.3, 0.4) is 0 Å². The number of rotatable bonds is 0. The average molecular weight is 115 g/mol. The highest BCUT2D eigenvalue weighted by molar-refractivity contribution is 7.40. The van der Waals surface area contributed by atoms with E-state index in [4.69, 9.17) is 0 Å². The van der Waals surface area contributed by atoms with Crippen molar-refractivity contribution in [3.63, 3.8) is 0 Å². The van der Waals surface area contributed by atoms with Gasteiger partial charge in [0.15, 0.2) is 0 Å². The molecule has 7 heavy (non-hydrogen) atoms. The molecule has 1 aliphatic heterocycles. The highest BCUT2D eigenvalue weighted by atomic mass is 31.1.